The van der Waals surface area contributed by atoms with Crippen LogP contribution >= 0.6 is 0 Å². The summed E-state index contributed by atoms with van der Waals surface area (Å²) in [7, 11) is -1.82. The molecular weight excluding hydrogens is 260 g/mol. The molecule has 0 aromatic carbocycles. The Hall–Kier alpha value is -0.593. The van der Waals surface area contributed by atoms with Crippen LogP contribution in [0.25, 0.3) is 0 Å². The van der Waals surface area contributed by atoms with Gasteiger partial charge in [0.1, 0.15) is 0 Å². The molecule has 6 heteroatoms. The van der Waals surface area contributed by atoms with E-state index in [4.69, 9.17) is 15.3 Å². The predicted molar refractivity (Wildman–Crippen MR) is 78.8 cm³/mol. The smallest absolute Gasteiger partial charge is 0.404 e. The predicted octanol–water partition coefficient (Wildman–Crippen LogP) is 2.52. The molecule has 1 saturated carbocycles. The molecule has 1 amide bonds. The quantitative estimate of drug-likeness (QED) is 0.697. The number of carboxylic acid groups (broad SMARTS) is 1. The van der Waals surface area contributed by atoms with Gasteiger partial charge in [-0.15, -0.1) is 0 Å². The van der Waals surface area contributed by atoms with Gasteiger partial charge in [-0.2, -0.15) is 0 Å². The van der Waals surface area contributed by atoms with Crippen molar-refractivity contribution in [2.75, 3.05) is 0 Å². The Kier molecular flexibility index (Phi) is 5.03. The van der Waals surface area contributed by atoms with Gasteiger partial charge in [-0.25, -0.2) is 4.79 Å². The molecule has 1 aliphatic carbocycles. The molecule has 0 aliphatic heterocycles. The van der Waals surface area contributed by atoms with Crippen molar-refractivity contribution in [3.8, 4) is 0 Å². The van der Waals surface area contributed by atoms with E-state index in [1.54, 1.807) is 0 Å². The van der Waals surface area contributed by atoms with E-state index in [2.05, 4.69) is 39.2 Å². The molecule has 3 unspecified atom stereocenters. The van der Waals surface area contributed by atoms with Crippen LogP contribution in [0.1, 0.15) is 40.0 Å². The Morgan fingerprint density at radius 3 is 2.37 bits per heavy atom. The standard InChI is InChI=1S/C13H28N2O3Si/c1-13(2,3)19(4,5)18-11-7-9(14)6-10(8-11)15-12(16)17/h9-11,15H,6-8,14H2,1-5H3,(H,16,17). The molecule has 1 aliphatic rings. The summed E-state index contributed by atoms with van der Waals surface area (Å²) in [5, 5.41) is 11.5. The summed E-state index contributed by atoms with van der Waals surface area (Å²) in [4.78, 5) is 10.7. The highest BCUT2D eigenvalue weighted by Crippen LogP contribution is 2.39. The Labute approximate surface area is 117 Å². The minimum Gasteiger partial charge on any atom is -0.465 e. The molecule has 0 heterocycles. The fourth-order valence-electron chi connectivity index (χ4n) is 2.29. The molecule has 4 N–H and O–H groups in total. The lowest BCUT2D eigenvalue weighted by molar-refractivity contribution is 0.107. The molecule has 112 valence electrons. The normalized spacial score (nSPS) is 29.1. The van der Waals surface area contributed by atoms with Crippen LogP contribution in [-0.2, 0) is 4.43 Å². The van der Waals surface area contributed by atoms with Gasteiger partial charge in [0.2, 0.25) is 0 Å². The summed E-state index contributed by atoms with van der Waals surface area (Å²) in [6.07, 6.45) is 1.34. The fraction of sp³-hybridized carbons (Fsp3) is 0.923. The van der Waals surface area contributed by atoms with Crippen molar-refractivity contribution in [1.82, 2.24) is 5.32 Å². The van der Waals surface area contributed by atoms with Crippen molar-refractivity contribution in [1.29, 1.82) is 0 Å². The molecule has 0 aromatic rings. The first-order valence-electron chi connectivity index (χ1n) is 6.94. The second-order valence-electron chi connectivity index (χ2n) is 7.11. The summed E-state index contributed by atoms with van der Waals surface area (Å²) < 4.78 is 6.35. The molecule has 1 fully saturated rings. The van der Waals surface area contributed by atoms with Crippen molar-refractivity contribution in [3.05, 3.63) is 0 Å². The maximum Gasteiger partial charge on any atom is 0.404 e. The van der Waals surface area contributed by atoms with Crippen molar-refractivity contribution in [2.24, 2.45) is 5.73 Å². The van der Waals surface area contributed by atoms with Gasteiger partial charge in [0, 0.05) is 18.2 Å². The zero-order chi connectivity index (χ0) is 14.8. The van der Waals surface area contributed by atoms with Crippen LogP contribution in [0.15, 0.2) is 0 Å². The van der Waals surface area contributed by atoms with E-state index in [1.165, 1.54) is 0 Å². The number of hydrogen-bond donors (Lipinski definition) is 3. The van der Waals surface area contributed by atoms with Gasteiger partial charge in [-0.05, 0) is 37.4 Å². The summed E-state index contributed by atoms with van der Waals surface area (Å²) in [6, 6.07) is -0.0728. The number of hydrogen-bond acceptors (Lipinski definition) is 3. The number of amides is 1. The minimum atomic E-state index is -1.82. The molecule has 19 heavy (non-hydrogen) atoms. The monoisotopic (exact) mass is 288 g/mol. The zero-order valence-corrected chi connectivity index (χ0v) is 13.7. The summed E-state index contributed by atoms with van der Waals surface area (Å²) in [6.45, 7) is 11.0. The fourth-order valence-corrected chi connectivity index (χ4v) is 3.67. The van der Waals surface area contributed by atoms with Gasteiger partial charge in [0.15, 0.2) is 8.32 Å². The first kappa shape index (κ1) is 16.5. The maximum atomic E-state index is 10.7. The minimum absolute atomic E-state index is 0.0142. The van der Waals surface area contributed by atoms with E-state index >= 15 is 0 Å². The molecule has 0 radical (unpaired) electrons. The van der Waals surface area contributed by atoms with Crippen molar-refractivity contribution in [3.63, 3.8) is 0 Å². The van der Waals surface area contributed by atoms with E-state index in [-0.39, 0.29) is 23.2 Å². The van der Waals surface area contributed by atoms with Crippen molar-refractivity contribution in [2.45, 2.75) is 76.4 Å². The van der Waals surface area contributed by atoms with Crippen molar-refractivity contribution < 1.29 is 14.3 Å². The van der Waals surface area contributed by atoms with Gasteiger partial charge >= 0.3 is 6.09 Å². The number of carbonyl (C=O) groups is 1. The lowest BCUT2D eigenvalue weighted by Gasteiger charge is -2.42. The average molecular weight is 288 g/mol. The Balaban J connectivity index is 2.65. The highest BCUT2D eigenvalue weighted by molar-refractivity contribution is 6.74. The second kappa shape index (κ2) is 5.81. The van der Waals surface area contributed by atoms with Gasteiger partial charge < -0.3 is 20.6 Å². The maximum absolute atomic E-state index is 10.7. The zero-order valence-electron chi connectivity index (χ0n) is 12.7. The molecule has 5 nitrogen and oxygen atoms in total. The number of rotatable bonds is 3. The lowest BCUT2D eigenvalue weighted by Crippen LogP contribution is -2.51. The number of nitrogens with two attached hydrogens (primary N) is 1. The third-order valence-corrected chi connectivity index (χ3v) is 8.83. The Bertz CT molecular complexity index is 328. The van der Waals surface area contributed by atoms with Crippen LogP contribution in [0, 0.1) is 0 Å². The highest BCUT2D eigenvalue weighted by atomic mass is 28.4. The third kappa shape index (κ3) is 4.78. The van der Waals surface area contributed by atoms with Gasteiger partial charge in [-0.3, -0.25) is 0 Å². The van der Waals surface area contributed by atoms with Crippen LogP contribution in [0.5, 0.6) is 0 Å². The molecule has 0 saturated heterocycles. The van der Waals surface area contributed by atoms with Gasteiger partial charge in [0.25, 0.3) is 0 Å². The first-order chi connectivity index (χ1) is 8.51. The summed E-state index contributed by atoms with van der Waals surface area (Å²) in [5.74, 6) is 0. The van der Waals surface area contributed by atoms with Crippen molar-refractivity contribution >= 4 is 14.4 Å². The van der Waals surface area contributed by atoms with Crippen LogP contribution in [0.4, 0.5) is 4.79 Å². The van der Waals surface area contributed by atoms with Gasteiger partial charge in [-0.1, -0.05) is 20.8 Å². The van der Waals surface area contributed by atoms with Gasteiger partial charge in [0.05, 0.1) is 0 Å². The molecule has 0 bridgehead atoms. The van der Waals surface area contributed by atoms with E-state index in [0.29, 0.717) is 6.42 Å². The second-order valence-corrected chi connectivity index (χ2v) is 11.9. The largest absolute Gasteiger partial charge is 0.465 e. The Morgan fingerprint density at radius 1 is 1.32 bits per heavy atom. The van der Waals surface area contributed by atoms with Crippen LogP contribution in [0.2, 0.25) is 18.1 Å². The molecule has 1 rings (SSSR count). The SMILES string of the molecule is CC(C)(C)[Si](C)(C)OC1CC(N)CC(NC(=O)O)C1. The number of nitrogens with one attached hydrogen (secondary N) is 1. The van der Waals surface area contributed by atoms with E-state index in [0.717, 1.165) is 12.8 Å². The van der Waals surface area contributed by atoms with E-state index in [9.17, 15) is 4.79 Å². The molecule has 0 aromatic heterocycles. The molecular formula is C13H28N2O3Si. The summed E-state index contributed by atoms with van der Waals surface area (Å²) in [5.41, 5.74) is 6.02. The Morgan fingerprint density at radius 2 is 1.89 bits per heavy atom. The van der Waals surface area contributed by atoms with Crippen LogP contribution in [0.3, 0.4) is 0 Å². The van der Waals surface area contributed by atoms with Crippen LogP contribution in [-0.4, -0.2) is 37.7 Å². The first-order valence-corrected chi connectivity index (χ1v) is 9.85. The van der Waals surface area contributed by atoms with E-state index in [1.807, 2.05) is 0 Å². The van der Waals surface area contributed by atoms with Crippen LogP contribution < -0.4 is 11.1 Å². The molecule has 0 spiro atoms. The summed E-state index contributed by atoms with van der Waals surface area (Å²) >= 11 is 0. The van der Waals surface area contributed by atoms with E-state index < -0.39 is 14.4 Å². The highest BCUT2D eigenvalue weighted by Gasteiger charge is 2.41. The average Bonchev–Trinajstić information content (AvgIpc) is 2.11. The molecule has 3 atom stereocenters. The third-order valence-electron chi connectivity index (χ3n) is 4.30. The lowest BCUT2D eigenvalue weighted by atomic mass is 9.89. The topological polar surface area (TPSA) is 84.6 Å².